The lowest BCUT2D eigenvalue weighted by Gasteiger charge is -2.10. The SMILES string of the molecule is CCOc1ccc(C(O)C(F)F)cc1. The maximum Gasteiger partial charge on any atom is 0.268 e. The zero-order valence-corrected chi connectivity index (χ0v) is 7.78. The van der Waals surface area contributed by atoms with Crippen LogP contribution in [0.3, 0.4) is 0 Å². The van der Waals surface area contributed by atoms with Crippen molar-refractivity contribution >= 4 is 0 Å². The van der Waals surface area contributed by atoms with Gasteiger partial charge < -0.3 is 9.84 Å². The molecule has 4 heteroatoms. The normalized spacial score (nSPS) is 12.9. The zero-order chi connectivity index (χ0) is 10.6. The molecule has 1 aromatic rings. The quantitative estimate of drug-likeness (QED) is 0.812. The van der Waals surface area contributed by atoms with Gasteiger partial charge in [-0.05, 0) is 24.6 Å². The van der Waals surface area contributed by atoms with Crippen LogP contribution in [-0.2, 0) is 0 Å². The Morgan fingerprint density at radius 2 is 1.86 bits per heavy atom. The number of aliphatic hydroxyl groups is 1. The second kappa shape index (κ2) is 4.91. The molecule has 0 aliphatic heterocycles. The Labute approximate surface area is 81.1 Å². The predicted octanol–water partition coefficient (Wildman–Crippen LogP) is 2.38. The van der Waals surface area contributed by atoms with Crippen LogP contribution in [0.5, 0.6) is 5.75 Å². The fourth-order valence-corrected chi connectivity index (χ4v) is 1.07. The van der Waals surface area contributed by atoms with Gasteiger partial charge in [0.05, 0.1) is 6.61 Å². The largest absolute Gasteiger partial charge is 0.494 e. The number of ether oxygens (including phenoxy) is 1. The van der Waals surface area contributed by atoms with E-state index in [4.69, 9.17) is 9.84 Å². The summed E-state index contributed by atoms with van der Waals surface area (Å²) >= 11 is 0. The van der Waals surface area contributed by atoms with E-state index in [1.165, 1.54) is 12.1 Å². The van der Waals surface area contributed by atoms with Crippen molar-refractivity contribution in [3.63, 3.8) is 0 Å². The summed E-state index contributed by atoms with van der Waals surface area (Å²) in [5, 5.41) is 9.03. The van der Waals surface area contributed by atoms with E-state index in [1.54, 1.807) is 12.1 Å². The molecule has 0 fully saturated rings. The van der Waals surface area contributed by atoms with Crippen molar-refractivity contribution in [2.24, 2.45) is 0 Å². The summed E-state index contributed by atoms with van der Waals surface area (Å²) in [6.07, 6.45) is -4.47. The van der Waals surface area contributed by atoms with Gasteiger partial charge in [-0.15, -0.1) is 0 Å². The van der Waals surface area contributed by atoms with Gasteiger partial charge in [-0.2, -0.15) is 0 Å². The molecule has 1 N–H and O–H groups in total. The van der Waals surface area contributed by atoms with Gasteiger partial charge in [0, 0.05) is 0 Å². The van der Waals surface area contributed by atoms with Crippen LogP contribution in [0.15, 0.2) is 24.3 Å². The molecule has 78 valence electrons. The van der Waals surface area contributed by atoms with Crippen molar-refractivity contribution in [1.82, 2.24) is 0 Å². The molecule has 0 saturated carbocycles. The first kappa shape index (κ1) is 10.9. The van der Waals surface area contributed by atoms with Crippen molar-refractivity contribution in [2.75, 3.05) is 6.61 Å². The fourth-order valence-electron chi connectivity index (χ4n) is 1.07. The summed E-state index contributed by atoms with van der Waals surface area (Å²) in [4.78, 5) is 0. The number of hydrogen-bond acceptors (Lipinski definition) is 2. The van der Waals surface area contributed by atoms with Gasteiger partial charge in [0.1, 0.15) is 11.9 Å². The van der Waals surface area contributed by atoms with Gasteiger partial charge in [-0.1, -0.05) is 12.1 Å². The molecular formula is C10H12F2O2. The smallest absolute Gasteiger partial charge is 0.268 e. The second-order valence-electron chi connectivity index (χ2n) is 2.78. The summed E-state index contributed by atoms with van der Waals surface area (Å²) in [5.74, 6) is 0.609. The van der Waals surface area contributed by atoms with Gasteiger partial charge in [0.2, 0.25) is 0 Å². The maximum atomic E-state index is 12.1. The number of halogens is 2. The minimum atomic E-state index is -2.76. The molecule has 1 atom stereocenters. The van der Waals surface area contributed by atoms with Gasteiger partial charge >= 0.3 is 0 Å². The molecule has 0 aromatic heterocycles. The Morgan fingerprint density at radius 3 is 2.29 bits per heavy atom. The molecule has 0 spiro atoms. The molecule has 0 aliphatic carbocycles. The molecule has 0 aliphatic rings. The van der Waals surface area contributed by atoms with Gasteiger partial charge in [0.25, 0.3) is 6.43 Å². The summed E-state index contributed by atoms with van der Waals surface area (Å²) in [6.45, 7) is 2.36. The Bertz CT molecular complexity index is 272. The standard InChI is InChI=1S/C10H12F2O2/c1-2-14-8-5-3-7(4-6-8)9(13)10(11)12/h3-6,9-10,13H,2H2,1H3. The number of alkyl halides is 2. The highest BCUT2D eigenvalue weighted by Crippen LogP contribution is 2.22. The highest BCUT2D eigenvalue weighted by Gasteiger charge is 2.18. The van der Waals surface area contributed by atoms with Gasteiger partial charge in [-0.3, -0.25) is 0 Å². The third-order valence-electron chi connectivity index (χ3n) is 1.77. The zero-order valence-electron chi connectivity index (χ0n) is 7.78. The topological polar surface area (TPSA) is 29.5 Å². The first-order valence-electron chi connectivity index (χ1n) is 4.34. The van der Waals surface area contributed by atoms with E-state index >= 15 is 0 Å². The van der Waals surface area contributed by atoms with E-state index in [-0.39, 0.29) is 5.56 Å². The molecule has 1 rings (SSSR count). The first-order chi connectivity index (χ1) is 6.65. The summed E-state index contributed by atoms with van der Waals surface area (Å²) in [6, 6.07) is 5.98. The lowest BCUT2D eigenvalue weighted by molar-refractivity contribution is -0.00580. The lowest BCUT2D eigenvalue weighted by Crippen LogP contribution is -2.07. The summed E-state index contributed by atoms with van der Waals surface area (Å²) in [5.41, 5.74) is 0.198. The van der Waals surface area contributed by atoms with E-state index in [9.17, 15) is 8.78 Å². The third kappa shape index (κ3) is 2.67. The van der Waals surface area contributed by atoms with E-state index in [1.807, 2.05) is 6.92 Å². The van der Waals surface area contributed by atoms with Crippen molar-refractivity contribution in [1.29, 1.82) is 0 Å². The number of aliphatic hydroxyl groups excluding tert-OH is 1. The highest BCUT2D eigenvalue weighted by atomic mass is 19.3. The van der Waals surface area contributed by atoms with E-state index in [2.05, 4.69) is 0 Å². The Morgan fingerprint density at radius 1 is 1.29 bits per heavy atom. The van der Waals surface area contributed by atoms with Crippen LogP contribution in [0.1, 0.15) is 18.6 Å². The molecule has 14 heavy (non-hydrogen) atoms. The van der Waals surface area contributed by atoms with E-state index in [0.29, 0.717) is 12.4 Å². The minimum absolute atomic E-state index is 0.198. The van der Waals surface area contributed by atoms with Crippen LogP contribution >= 0.6 is 0 Å². The number of hydrogen-bond donors (Lipinski definition) is 1. The summed E-state index contributed by atoms with van der Waals surface area (Å²) in [7, 11) is 0. The molecule has 0 radical (unpaired) electrons. The molecule has 1 aromatic carbocycles. The Kier molecular flexibility index (Phi) is 3.83. The maximum absolute atomic E-state index is 12.1. The molecular weight excluding hydrogens is 190 g/mol. The van der Waals surface area contributed by atoms with Crippen molar-refractivity contribution in [2.45, 2.75) is 19.5 Å². The summed E-state index contributed by atoms with van der Waals surface area (Å²) < 4.78 is 29.3. The molecule has 1 unspecified atom stereocenters. The number of rotatable bonds is 4. The van der Waals surface area contributed by atoms with Crippen molar-refractivity contribution in [3.05, 3.63) is 29.8 Å². The molecule has 0 saturated heterocycles. The predicted molar refractivity (Wildman–Crippen MR) is 48.6 cm³/mol. The van der Waals surface area contributed by atoms with Crippen molar-refractivity contribution in [3.8, 4) is 5.75 Å². The van der Waals surface area contributed by atoms with Crippen LogP contribution < -0.4 is 4.74 Å². The van der Waals surface area contributed by atoms with E-state index < -0.39 is 12.5 Å². The average Bonchev–Trinajstić information content (AvgIpc) is 2.18. The number of benzene rings is 1. The molecule has 2 nitrogen and oxygen atoms in total. The monoisotopic (exact) mass is 202 g/mol. The second-order valence-corrected chi connectivity index (χ2v) is 2.78. The highest BCUT2D eigenvalue weighted by molar-refractivity contribution is 5.28. The Balaban J connectivity index is 2.72. The average molecular weight is 202 g/mol. The Hall–Kier alpha value is -1.16. The molecule has 0 bridgehead atoms. The van der Waals surface area contributed by atoms with Crippen LogP contribution in [0.25, 0.3) is 0 Å². The molecule has 0 amide bonds. The van der Waals surface area contributed by atoms with Crippen molar-refractivity contribution < 1.29 is 18.6 Å². The van der Waals surface area contributed by atoms with E-state index in [0.717, 1.165) is 0 Å². The molecule has 0 heterocycles. The lowest BCUT2D eigenvalue weighted by atomic mass is 10.1. The van der Waals surface area contributed by atoms with Crippen LogP contribution in [0.4, 0.5) is 8.78 Å². The minimum Gasteiger partial charge on any atom is -0.494 e. The van der Waals surface area contributed by atoms with Crippen LogP contribution in [0.2, 0.25) is 0 Å². The van der Waals surface area contributed by atoms with Crippen LogP contribution in [0, 0.1) is 0 Å². The van der Waals surface area contributed by atoms with Gasteiger partial charge in [0.15, 0.2) is 0 Å². The first-order valence-corrected chi connectivity index (χ1v) is 4.34. The van der Waals surface area contributed by atoms with Crippen LogP contribution in [-0.4, -0.2) is 18.1 Å². The van der Waals surface area contributed by atoms with Gasteiger partial charge in [-0.25, -0.2) is 8.78 Å². The fraction of sp³-hybridized carbons (Fsp3) is 0.400. The third-order valence-corrected chi connectivity index (χ3v) is 1.77.